The second-order valence-corrected chi connectivity index (χ2v) is 6.15. The summed E-state index contributed by atoms with van der Waals surface area (Å²) in [5.74, 6) is -0.0678. The van der Waals surface area contributed by atoms with Gasteiger partial charge in [0.05, 0.1) is 5.52 Å². The molecule has 23 heavy (non-hydrogen) atoms. The molecule has 0 saturated carbocycles. The molecule has 2 aromatic carbocycles. The van der Waals surface area contributed by atoms with Gasteiger partial charge in [-0.15, -0.1) is 0 Å². The third-order valence-corrected chi connectivity index (χ3v) is 4.21. The summed E-state index contributed by atoms with van der Waals surface area (Å²) in [6.07, 6.45) is 1.73. The molecule has 5 heteroatoms. The Labute approximate surface area is 144 Å². The van der Waals surface area contributed by atoms with Gasteiger partial charge in [0, 0.05) is 40.8 Å². The number of carbonyl (C=O) groups excluding carboxylic acids is 1. The van der Waals surface area contributed by atoms with Crippen molar-refractivity contribution in [1.82, 2.24) is 9.88 Å². The molecule has 1 heterocycles. The lowest BCUT2D eigenvalue weighted by Gasteiger charge is -2.18. The smallest absolute Gasteiger partial charge is 0.253 e. The van der Waals surface area contributed by atoms with Crippen LogP contribution in [0.1, 0.15) is 15.9 Å². The zero-order valence-electron chi connectivity index (χ0n) is 12.5. The van der Waals surface area contributed by atoms with Crippen LogP contribution >= 0.6 is 23.2 Å². The van der Waals surface area contributed by atoms with Gasteiger partial charge >= 0.3 is 0 Å². The van der Waals surface area contributed by atoms with Crippen LogP contribution in [0.5, 0.6) is 0 Å². The third kappa shape index (κ3) is 3.46. The van der Waals surface area contributed by atoms with Crippen LogP contribution in [-0.2, 0) is 6.54 Å². The van der Waals surface area contributed by atoms with E-state index in [2.05, 4.69) is 4.98 Å². The van der Waals surface area contributed by atoms with E-state index in [4.69, 9.17) is 23.2 Å². The molecule has 0 aliphatic carbocycles. The summed E-state index contributed by atoms with van der Waals surface area (Å²) in [5, 5.41) is 2.07. The number of pyridine rings is 1. The molecule has 0 unspecified atom stereocenters. The van der Waals surface area contributed by atoms with E-state index in [1.54, 1.807) is 36.3 Å². The van der Waals surface area contributed by atoms with Crippen molar-refractivity contribution >= 4 is 40.0 Å². The normalized spacial score (nSPS) is 10.7. The van der Waals surface area contributed by atoms with Crippen molar-refractivity contribution in [3.8, 4) is 0 Å². The van der Waals surface area contributed by atoms with Gasteiger partial charge in [-0.3, -0.25) is 9.78 Å². The largest absolute Gasteiger partial charge is 0.337 e. The number of carbonyl (C=O) groups is 1. The highest BCUT2D eigenvalue weighted by molar-refractivity contribution is 6.35. The van der Waals surface area contributed by atoms with Gasteiger partial charge in [-0.25, -0.2) is 0 Å². The third-order valence-electron chi connectivity index (χ3n) is 3.62. The average molecular weight is 345 g/mol. The quantitative estimate of drug-likeness (QED) is 0.682. The molecule has 0 bridgehead atoms. The van der Waals surface area contributed by atoms with Crippen molar-refractivity contribution in [1.29, 1.82) is 0 Å². The summed E-state index contributed by atoms with van der Waals surface area (Å²) >= 11 is 12.1. The summed E-state index contributed by atoms with van der Waals surface area (Å²) in [7, 11) is 1.75. The van der Waals surface area contributed by atoms with Crippen LogP contribution in [0.25, 0.3) is 10.9 Å². The molecule has 1 aromatic heterocycles. The summed E-state index contributed by atoms with van der Waals surface area (Å²) in [4.78, 5) is 18.5. The number of nitrogens with zero attached hydrogens (tertiary/aromatic N) is 2. The number of aromatic nitrogens is 1. The van der Waals surface area contributed by atoms with Crippen molar-refractivity contribution in [2.24, 2.45) is 0 Å². The second kappa shape index (κ2) is 6.57. The van der Waals surface area contributed by atoms with E-state index < -0.39 is 0 Å². The van der Waals surface area contributed by atoms with Crippen LogP contribution < -0.4 is 0 Å². The van der Waals surface area contributed by atoms with E-state index in [0.717, 1.165) is 16.5 Å². The molecule has 3 nitrogen and oxygen atoms in total. The highest BCUT2D eigenvalue weighted by Crippen LogP contribution is 2.23. The van der Waals surface area contributed by atoms with Crippen LogP contribution in [0.15, 0.2) is 54.7 Å². The SMILES string of the molecule is CN(Cc1ccc(Cl)cc1Cl)C(=O)c1ccc2ncccc2c1. The molecular weight excluding hydrogens is 331 g/mol. The Hall–Kier alpha value is -2.10. The molecule has 0 radical (unpaired) electrons. The molecule has 1 amide bonds. The molecule has 3 rings (SSSR count). The fraction of sp³-hybridized carbons (Fsp3) is 0.111. The molecule has 0 atom stereocenters. The van der Waals surface area contributed by atoms with Crippen LogP contribution in [0, 0.1) is 0 Å². The Bertz CT molecular complexity index is 880. The maximum absolute atomic E-state index is 12.6. The monoisotopic (exact) mass is 344 g/mol. The molecule has 116 valence electrons. The predicted molar refractivity (Wildman–Crippen MR) is 94.0 cm³/mol. The van der Waals surface area contributed by atoms with Gasteiger partial charge in [0.1, 0.15) is 0 Å². The van der Waals surface area contributed by atoms with Crippen molar-refractivity contribution in [2.75, 3.05) is 7.05 Å². The maximum Gasteiger partial charge on any atom is 0.253 e. The second-order valence-electron chi connectivity index (χ2n) is 5.31. The minimum Gasteiger partial charge on any atom is -0.337 e. The molecule has 0 saturated heterocycles. The van der Waals surface area contributed by atoms with E-state index >= 15 is 0 Å². The number of halogens is 2. The predicted octanol–water partition coefficient (Wildman–Crippen LogP) is 4.81. The Balaban J connectivity index is 1.83. The van der Waals surface area contributed by atoms with E-state index in [1.807, 2.05) is 30.3 Å². The van der Waals surface area contributed by atoms with Crippen molar-refractivity contribution in [3.05, 3.63) is 75.9 Å². The van der Waals surface area contributed by atoms with Crippen LogP contribution in [0.4, 0.5) is 0 Å². The lowest BCUT2D eigenvalue weighted by molar-refractivity contribution is 0.0785. The van der Waals surface area contributed by atoms with E-state index in [0.29, 0.717) is 22.2 Å². The van der Waals surface area contributed by atoms with Gasteiger partial charge < -0.3 is 4.90 Å². The maximum atomic E-state index is 12.6. The molecular formula is C18H14Cl2N2O. The molecule has 3 aromatic rings. The fourth-order valence-electron chi connectivity index (χ4n) is 2.41. The lowest BCUT2D eigenvalue weighted by atomic mass is 10.1. The number of rotatable bonds is 3. The zero-order valence-corrected chi connectivity index (χ0v) is 14.0. The Morgan fingerprint density at radius 2 is 1.96 bits per heavy atom. The van der Waals surface area contributed by atoms with E-state index in [9.17, 15) is 4.79 Å². The van der Waals surface area contributed by atoms with Crippen molar-refractivity contribution < 1.29 is 4.79 Å². The van der Waals surface area contributed by atoms with Gasteiger partial charge in [-0.2, -0.15) is 0 Å². The number of benzene rings is 2. The number of amides is 1. The standard InChI is InChI=1S/C18H14Cl2N2O/c1-22(11-14-4-6-15(19)10-16(14)20)18(23)13-5-7-17-12(9-13)3-2-8-21-17/h2-10H,11H2,1H3. The number of hydrogen-bond acceptors (Lipinski definition) is 2. The average Bonchev–Trinajstić information content (AvgIpc) is 2.56. The van der Waals surface area contributed by atoms with E-state index in [-0.39, 0.29) is 5.91 Å². The Morgan fingerprint density at radius 1 is 1.13 bits per heavy atom. The number of fused-ring (bicyclic) bond motifs is 1. The topological polar surface area (TPSA) is 33.2 Å². The van der Waals surface area contributed by atoms with Crippen molar-refractivity contribution in [2.45, 2.75) is 6.54 Å². The molecule has 0 spiro atoms. The first kappa shape index (κ1) is 15.8. The highest BCUT2D eigenvalue weighted by atomic mass is 35.5. The van der Waals surface area contributed by atoms with Gasteiger partial charge in [0.2, 0.25) is 0 Å². The van der Waals surface area contributed by atoms with Gasteiger partial charge in [0.15, 0.2) is 0 Å². The van der Waals surface area contributed by atoms with Crippen LogP contribution in [-0.4, -0.2) is 22.8 Å². The zero-order chi connectivity index (χ0) is 16.4. The molecule has 0 aliphatic rings. The van der Waals surface area contributed by atoms with Gasteiger partial charge in [-0.1, -0.05) is 35.3 Å². The molecule has 0 aliphatic heterocycles. The van der Waals surface area contributed by atoms with Crippen molar-refractivity contribution in [3.63, 3.8) is 0 Å². The first-order chi connectivity index (χ1) is 11.0. The summed E-state index contributed by atoms with van der Waals surface area (Å²) < 4.78 is 0. The minimum absolute atomic E-state index is 0.0678. The molecule has 0 fully saturated rings. The Kier molecular flexibility index (Phi) is 4.51. The van der Waals surface area contributed by atoms with Gasteiger partial charge in [-0.05, 0) is 42.0 Å². The summed E-state index contributed by atoms with van der Waals surface area (Å²) in [6.45, 7) is 0.417. The molecule has 0 N–H and O–H groups in total. The van der Waals surface area contributed by atoms with E-state index in [1.165, 1.54) is 0 Å². The van der Waals surface area contributed by atoms with Crippen LogP contribution in [0.2, 0.25) is 10.0 Å². The summed E-state index contributed by atoms with van der Waals surface area (Å²) in [6, 6.07) is 14.6. The highest BCUT2D eigenvalue weighted by Gasteiger charge is 2.14. The summed E-state index contributed by atoms with van der Waals surface area (Å²) in [5.41, 5.74) is 2.35. The Morgan fingerprint density at radius 3 is 2.74 bits per heavy atom. The lowest BCUT2D eigenvalue weighted by Crippen LogP contribution is -2.26. The van der Waals surface area contributed by atoms with Gasteiger partial charge in [0.25, 0.3) is 5.91 Å². The first-order valence-corrected chi connectivity index (χ1v) is 7.84. The fourth-order valence-corrected chi connectivity index (χ4v) is 2.87. The first-order valence-electron chi connectivity index (χ1n) is 7.09. The minimum atomic E-state index is -0.0678. The van der Waals surface area contributed by atoms with Crippen LogP contribution in [0.3, 0.4) is 0 Å². The number of hydrogen-bond donors (Lipinski definition) is 0.